The van der Waals surface area contributed by atoms with Crippen molar-refractivity contribution in [2.75, 3.05) is 19.7 Å². The summed E-state index contributed by atoms with van der Waals surface area (Å²) in [6, 6.07) is 6.18. The molecule has 0 bridgehead atoms. The van der Waals surface area contributed by atoms with Crippen LogP contribution in [0.1, 0.15) is 41.4 Å². The summed E-state index contributed by atoms with van der Waals surface area (Å²) in [5, 5.41) is 6.50. The number of aryl methyl sites for hydroxylation is 1. The van der Waals surface area contributed by atoms with Crippen molar-refractivity contribution >= 4 is 12.0 Å². The van der Waals surface area contributed by atoms with Crippen LogP contribution >= 0.6 is 0 Å². The van der Waals surface area contributed by atoms with E-state index in [-0.39, 0.29) is 18.3 Å². The predicted molar refractivity (Wildman–Crippen MR) is 102 cm³/mol. The Hall–Kier alpha value is -3.04. The van der Waals surface area contributed by atoms with E-state index in [2.05, 4.69) is 10.4 Å². The summed E-state index contributed by atoms with van der Waals surface area (Å²) in [5.74, 6) is -0.836. The number of amides is 2. The Morgan fingerprint density at radius 1 is 1.23 bits per heavy atom. The molecule has 0 unspecified atom stereocenters. The zero-order valence-electron chi connectivity index (χ0n) is 16.7. The molecule has 1 aromatic carbocycles. The Kier molecular flexibility index (Phi) is 6.33. The summed E-state index contributed by atoms with van der Waals surface area (Å²) >= 11 is 0. The van der Waals surface area contributed by atoms with E-state index in [9.17, 15) is 22.8 Å². The van der Waals surface area contributed by atoms with E-state index in [1.54, 1.807) is 32.0 Å². The molecule has 1 aliphatic rings. The molecule has 0 atom stereocenters. The lowest BCUT2D eigenvalue weighted by atomic mass is 10.0. The quantitative estimate of drug-likeness (QED) is 0.815. The molecule has 0 aliphatic carbocycles. The minimum atomic E-state index is -4.77. The molecule has 1 N–H and O–H groups in total. The van der Waals surface area contributed by atoms with E-state index < -0.39 is 29.4 Å². The molecular weight excluding hydrogens is 401 g/mol. The minimum Gasteiger partial charge on any atom is -0.450 e. The summed E-state index contributed by atoms with van der Waals surface area (Å²) in [6.45, 7) is 4.37. The van der Waals surface area contributed by atoms with Crippen molar-refractivity contribution in [2.24, 2.45) is 0 Å². The van der Waals surface area contributed by atoms with Crippen LogP contribution in [0.15, 0.2) is 30.5 Å². The van der Waals surface area contributed by atoms with Crippen LogP contribution < -0.4 is 5.32 Å². The van der Waals surface area contributed by atoms with Gasteiger partial charge in [0, 0.05) is 19.1 Å². The van der Waals surface area contributed by atoms with Crippen molar-refractivity contribution in [3.8, 4) is 5.69 Å². The number of nitrogens with one attached hydrogen (secondary N) is 1. The third-order valence-corrected chi connectivity index (χ3v) is 4.98. The molecule has 0 saturated carbocycles. The molecule has 1 fully saturated rings. The second kappa shape index (κ2) is 8.76. The van der Waals surface area contributed by atoms with Crippen LogP contribution in [0.25, 0.3) is 5.69 Å². The molecule has 10 heteroatoms. The van der Waals surface area contributed by atoms with Gasteiger partial charge in [0.1, 0.15) is 0 Å². The number of para-hydroxylation sites is 1. The van der Waals surface area contributed by atoms with Crippen LogP contribution in [0.2, 0.25) is 0 Å². The Labute approximate surface area is 171 Å². The number of carbonyl (C=O) groups excluding carboxylic acids is 2. The fourth-order valence-corrected chi connectivity index (χ4v) is 3.46. The van der Waals surface area contributed by atoms with Gasteiger partial charge in [-0.05, 0) is 38.3 Å². The number of aromatic nitrogens is 2. The van der Waals surface area contributed by atoms with Crippen LogP contribution in [0.4, 0.5) is 18.0 Å². The molecule has 0 radical (unpaired) electrons. The topological polar surface area (TPSA) is 76.5 Å². The van der Waals surface area contributed by atoms with Crippen molar-refractivity contribution < 1.29 is 27.5 Å². The number of hydrogen-bond acceptors (Lipinski definition) is 4. The molecule has 2 aromatic rings. The molecule has 1 aliphatic heterocycles. The van der Waals surface area contributed by atoms with E-state index in [4.69, 9.17) is 4.74 Å². The maximum atomic E-state index is 13.8. The second-order valence-corrected chi connectivity index (χ2v) is 7.04. The highest BCUT2D eigenvalue weighted by atomic mass is 19.4. The van der Waals surface area contributed by atoms with Gasteiger partial charge in [0.2, 0.25) is 0 Å². The SMILES string of the molecule is CCOC(=O)N1CCC(NC(=O)c2cnn(-c3ccccc3C)c2C(F)(F)F)CC1. The maximum absolute atomic E-state index is 13.8. The van der Waals surface area contributed by atoms with E-state index in [0.717, 1.165) is 10.9 Å². The number of piperidine rings is 1. The van der Waals surface area contributed by atoms with Gasteiger partial charge in [0.15, 0.2) is 5.69 Å². The van der Waals surface area contributed by atoms with E-state index in [1.807, 2.05) is 0 Å². The number of likely N-dealkylation sites (tertiary alicyclic amines) is 1. The zero-order chi connectivity index (χ0) is 21.9. The molecule has 30 heavy (non-hydrogen) atoms. The Morgan fingerprint density at radius 3 is 2.50 bits per heavy atom. The molecule has 3 rings (SSSR count). The summed E-state index contributed by atoms with van der Waals surface area (Å²) in [6.07, 6.45) is -3.40. The first-order valence-electron chi connectivity index (χ1n) is 9.66. The molecule has 2 heterocycles. The average Bonchev–Trinajstić information content (AvgIpc) is 3.15. The monoisotopic (exact) mass is 424 g/mol. The maximum Gasteiger partial charge on any atom is 0.434 e. The molecule has 1 aromatic heterocycles. The first-order chi connectivity index (χ1) is 14.2. The summed E-state index contributed by atoms with van der Waals surface area (Å²) in [4.78, 5) is 25.9. The molecular formula is C20H23F3N4O3. The number of halogens is 3. The van der Waals surface area contributed by atoms with Crippen molar-refractivity contribution in [3.63, 3.8) is 0 Å². The van der Waals surface area contributed by atoms with Crippen molar-refractivity contribution in [2.45, 2.75) is 38.9 Å². The molecule has 7 nitrogen and oxygen atoms in total. The third-order valence-electron chi connectivity index (χ3n) is 4.98. The Morgan fingerprint density at radius 2 is 1.90 bits per heavy atom. The van der Waals surface area contributed by atoms with Gasteiger partial charge in [-0.3, -0.25) is 4.79 Å². The number of nitrogens with zero attached hydrogens (tertiary/aromatic N) is 3. The minimum absolute atomic E-state index is 0.256. The summed E-state index contributed by atoms with van der Waals surface area (Å²) in [7, 11) is 0. The highest BCUT2D eigenvalue weighted by Crippen LogP contribution is 2.34. The zero-order valence-corrected chi connectivity index (χ0v) is 16.7. The third kappa shape index (κ3) is 4.58. The van der Waals surface area contributed by atoms with Gasteiger partial charge in [0.25, 0.3) is 5.91 Å². The predicted octanol–water partition coefficient (Wildman–Crippen LogP) is 3.55. The first kappa shape index (κ1) is 21.7. The lowest BCUT2D eigenvalue weighted by Gasteiger charge is -2.31. The van der Waals surface area contributed by atoms with Crippen LogP contribution in [0, 0.1) is 6.92 Å². The van der Waals surface area contributed by atoms with Gasteiger partial charge < -0.3 is 15.0 Å². The Balaban J connectivity index is 1.77. The standard InChI is InChI=1S/C20H23F3N4O3/c1-3-30-19(29)26-10-8-14(9-11-26)25-18(28)15-12-24-27(17(15)20(21,22)23)16-7-5-4-6-13(16)2/h4-7,12,14H,3,8-11H2,1-2H3,(H,25,28). The van der Waals surface area contributed by atoms with Gasteiger partial charge in [-0.15, -0.1) is 0 Å². The lowest BCUT2D eigenvalue weighted by molar-refractivity contribution is -0.143. The fraction of sp³-hybridized carbons (Fsp3) is 0.450. The largest absolute Gasteiger partial charge is 0.450 e. The number of hydrogen-bond donors (Lipinski definition) is 1. The highest BCUT2D eigenvalue weighted by molar-refractivity contribution is 5.95. The first-order valence-corrected chi connectivity index (χ1v) is 9.66. The van der Waals surface area contributed by atoms with E-state index >= 15 is 0 Å². The number of benzene rings is 1. The van der Waals surface area contributed by atoms with E-state index in [1.165, 1.54) is 11.0 Å². The van der Waals surface area contributed by atoms with Gasteiger partial charge >= 0.3 is 12.3 Å². The number of alkyl halides is 3. The summed E-state index contributed by atoms with van der Waals surface area (Å²) in [5.41, 5.74) is -0.784. The van der Waals surface area contributed by atoms with Crippen LogP contribution in [0.3, 0.4) is 0 Å². The average molecular weight is 424 g/mol. The molecule has 162 valence electrons. The van der Waals surface area contributed by atoms with Crippen molar-refractivity contribution in [3.05, 3.63) is 47.3 Å². The smallest absolute Gasteiger partial charge is 0.434 e. The van der Waals surface area contributed by atoms with Gasteiger partial charge in [0.05, 0.1) is 24.1 Å². The number of carbonyl (C=O) groups is 2. The van der Waals surface area contributed by atoms with Crippen molar-refractivity contribution in [1.29, 1.82) is 0 Å². The molecule has 1 saturated heterocycles. The van der Waals surface area contributed by atoms with Gasteiger partial charge in [-0.1, -0.05) is 18.2 Å². The molecule has 2 amide bonds. The summed E-state index contributed by atoms with van der Waals surface area (Å²) < 4.78 is 47.1. The van der Waals surface area contributed by atoms with Crippen molar-refractivity contribution in [1.82, 2.24) is 20.0 Å². The van der Waals surface area contributed by atoms with E-state index in [0.29, 0.717) is 31.5 Å². The highest BCUT2D eigenvalue weighted by Gasteiger charge is 2.41. The normalized spacial score (nSPS) is 15.2. The molecule has 0 spiro atoms. The van der Waals surface area contributed by atoms with Crippen LogP contribution in [0.5, 0.6) is 0 Å². The van der Waals surface area contributed by atoms with Crippen LogP contribution in [-0.4, -0.2) is 52.4 Å². The van der Waals surface area contributed by atoms with Crippen LogP contribution in [-0.2, 0) is 10.9 Å². The Bertz CT molecular complexity index is 918. The van der Waals surface area contributed by atoms with Gasteiger partial charge in [-0.25, -0.2) is 9.48 Å². The van der Waals surface area contributed by atoms with Gasteiger partial charge in [-0.2, -0.15) is 18.3 Å². The second-order valence-electron chi connectivity index (χ2n) is 7.04. The lowest BCUT2D eigenvalue weighted by Crippen LogP contribution is -2.46. The number of ether oxygens (including phenoxy) is 1. The number of rotatable bonds is 4. The fourth-order valence-electron chi connectivity index (χ4n) is 3.46.